The molecule has 1 aliphatic heterocycles. The van der Waals surface area contributed by atoms with Crippen LogP contribution in [-0.2, 0) is 6.42 Å². The molecule has 1 unspecified atom stereocenters. The van der Waals surface area contributed by atoms with Gasteiger partial charge in [0.05, 0.1) is 0 Å². The molecule has 1 aromatic carbocycles. The van der Waals surface area contributed by atoms with Crippen molar-refractivity contribution in [3.8, 4) is 0 Å². The molecule has 0 N–H and O–H groups in total. The molecule has 0 saturated carbocycles. The third-order valence-corrected chi connectivity index (χ3v) is 2.86. The minimum atomic E-state index is 0.510. The molecule has 0 aliphatic carbocycles. The highest BCUT2D eigenvalue weighted by molar-refractivity contribution is 5.82. The van der Waals surface area contributed by atoms with Crippen molar-refractivity contribution in [3.05, 3.63) is 29.3 Å². The molecule has 1 atom stereocenters. The normalized spacial score (nSPS) is 20.2. The number of aldehydes is 1. The molecule has 0 fully saturated rings. The van der Waals surface area contributed by atoms with Crippen LogP contribution in [0.2, 0.25) is 0 Å². The predicted octanol–water partition coefficient (Wildman–Crippen LogP) is 1.88. The Labute approximate surface area is 78.2 Å². The first-order valence-electron chi connectivity index (χ1n) is 4.54. The second-order valence-electron chi connectivity index (χ2n) is 3.63. The number of anilines is 1. The number of hydrogen-bond donors (Lipinski definition) is 0. The Kier molecular flexibility index (Phi) is 1.83. The van der Waals surface area contributed by atoms with E-state index in [9.17, 15) is 4.79 Å². The van der Waals surface area contributed by atoms with Crippen LogP contribution >= 0.6 is 0 Å². The highest BCUT2D eigenvalue weighted by Gasteiger charge is 2.24. The van der Waals surface area contributed by atoms with Crippen LogP contribution in [-0.4, -0.2) is 19.4 Å². The van der Waals surface area contributed by atoms with Gasteiger partial charge < -0.3 is 4.90 Å². The number of fused-ring (bicyclic) bond motifs is 1. The molecule has 68 valence electrons. The Hall–Kier alpha value is -1.31. The number of benzene rings is 1. The number of likely N-dealkylation sites (N-methyl/N-ethyl adjacent to an activating group) is 1. The average Bonchev–Trinajstić information content (AvgIpc) is 2.43. The van der Waals surface area contributed by atoms with E-state index < -0.39 is 0 Å². The monoisotopic (exact) mass is 175 g/mol. The third kappa shape index (κ3) is 1.13. The second kappa shape index (κ2) is 2.87. The van der Waals surface area contributed by atoms with Crippen LogP contribution in [0.1, 0.15) is 22.8 Å². The number of rotatable bonds is 1. The van der Waals surface area contributed by atoms with Crippen molar-refractivity contribution in [3.63, 3.8) is 0 Å². The van der Waals surface area contributed by atoms with Crippen molar-refractivity contribution >= 4 is 12.0 Å². The molecule has 0 aromatic heterocycles. The van der Waals surface area contributed by atoms with E-state index in [0.29, 0.717) is 6.04 Å². The van der Waals surface area contributed by atoms with E-state index in [1.807, 2.05) is 12.1 Å². The lowest BCUT2D eigenvalue weighted by Crippen LogP contribution is -2.23. The fourth-order valence-corrected chi connectivity index (χ4v) is 1.93. The summed E-state index contributed by atoms with van der Waals surface area (Å²) in [6, 6.07) is 6.41. The van der Waals surface area contributed by atoms with Crippen molar-refractivity contribution in [1.82, 2.24) is 0 Å². The molecule has 1 aromatic rings. The fraction of sp³-hybridized carbons (Fsp3) is 0.364. The molecule has 13 heavy (non-hydrogen) atoms. The Morgan fingerprint density at radius 1 is 1.54 bits per heavy atom. The van der Waals surface area contributed by atoms with Crippen molar-refractivity contribution in [1.29, 1.82) is 0 Å². The van der Waals surface area contributed by atoms with Crippen molar-refractivity contribution in [2.45, 2.75) is 19.4 Å². The van der Waals surface area contributed by atoms with E-state index in [1.165, 1.54) is 11.3 Å². The molecule has 2 rings (SSSR count). The highest BCUT2D eigenvalue weighted by Crippen LogP contribution is 2.32. The Morgan fingerprint density at radius 2 is 2.31 bits per heavy atom. The van der Waals surface area contributed by atoms with Crippen LogP contribution in [0.25, 0.3) is 0 Å². The molecular weight excluding hydrogens is 162 g/mol. The topological polar surface area (TPSA) is 20.3 Å². The zero-order valence-electron chi connectivity index (χ0n) is 7.95. The van der Waals surface area contributed by atoms with Crippen molar-refractivity contribution < 1.29 is 4.79 Å². The summed E-state index contributed by atoms with van der Waals surface area (Å²) in [4.78, 5) is 13.0. The molecule has 0 radical (unpaired) electrons. The maximum absolute atomic E-state index is 10.8. The summed E-state index contributed by atoms with van der Waals surface area (Å²) in [6.07, 6.45) is 1.94. The first-order valence-corrected chi connectivity index (χ1v) is 4.54. The van der Waals surface area contributed by atoms with E-state index in [-0.39, 0.29) is 0 Å². The summed E-state index contributed by atoms with van der Waals surface area (Å²) in [5, 5.41) is 0. The van der Waals surface area contributed by atoms with Gasteiger partial charge in [0, 0.05) is 24.3 Å². The second-order valence-corrected chi connectivity index (χ2v) is 3.63. The molecule has 2 heteroatoms. The first-order chi connectivity index (χ1) is 6.24. The zero-order chi connectivity index (χ0) is 9.42. The maximum Gasteiger partial charge on any atom is 0.150 e. The summed E-state index contributed by atoms with van der Waals surface area (Å²) < 4.78 is 0. The molecule has 2 nitrogen and oxygen atoms in total. The standard InChI is InChI=1S/C11H13NO/c1-8-6-10-9(7-13)4-3-5-11(10)12(8)2/h3-5,7-8H,6H2,1-2H3. The van der Waals surface area contributed by atoms with E-state index in [2.05, 4.69) is 24.9 Å². The van der Waals surface area contributed by atoms with Crippen LogP contribution in [0.3, 0.4) is 0 Å². The molecule has 0 saturated heterocycles. The molecule has 0 amide bonds. The first kappa shape index (κ1) is 8.30. The van der Waals surface area contributed by atoms with Crippen LogP contribution in [0, 0.1) is 0 Å². The molecular formula is C11H13NO. The van der Waals surface area contributed by atoms with Crippen LogP contribution < -0.4 is 4.90 Å². The highest BCUT2D eigenvalue weighted by atomic mass is 16.1. The molecule has 1 heterocycles. The number of hydrogen-bond acceptors (Lipinski definition) is 2. The molecule has 0 spiro atoms. The van der Waals surface area contributed by atoms with Gasteiger partial charge in [-0.15, -0.1) is 0 Å². The number of nitrogens with zero attached hydrogens (tertiary/aromatic N) is 1. The van der Waals surface area contributed by atoms with E-state index in [1.54, 1.807) is 0 Å². The van der Waals surface area contributed by atoms with Gasteiger partial charge in [0.2, 0.25) is 0 Å². The third-order valence-electron chi connectivity index (χ3n) is 2.86. The predicted molar refractivity (Wildman–Crippen MR) is 53.4 cm³/mol. The quantitative estimate of drug-likeness (QED) is 0.607. The van der Waals surface area contributed by atoms with Crippen LogP contribution in [0.15, 0.2) is 18.2 Å². The van der Waals surface area contributed by atoms with Gasteiger partial charge in [0.15, 0.2) is 0 Å². The smallest absolute Gasteiger partial charge is 0.150 e. The van der Waals surface area contributed by atoms with Crippen LogP contribution in [0.4, 0.5) is 5.69 Å². The number of carbonyl (C=O) groups excluding carboxylic acids is 1. The van der Waals surface area contributed by atoms with Gasteiger partial charge in [-0.1, -0.05) is 12.1 Å². The number of carbonyl (C=O) groups is 1. The van der Waals surface area contributed by atoms with Crippen molar-refractivity contribution in [2.24, 2.45) is 0 Å². The minimum absolute atomic E-state index is 0.510. The summed E-state index contributed by atoms with van der Waals surface area (Å²) >= 11 is 0. The summed E-state index contributed by atoms with van der Waals surface area (Å²) in [7, 11) is 2.07. The summed E-state index contributed by atoms with van der Waals surface area (Å²) in [5.74, 6) is 0. The lowest BCUT2D eigenvalue weighted by Gasteiger charge is -2.17. The zero-order valence-corrected chi connectivity index (χ0v) is 7.95. The van der Waals surface area contributed by atoms with Crippen LogP contribution in [0.5, 0.6) is 0 Å². The van der Waals surface area contributed by atoms with Gasteiger partial charge in [-0.05, 0) is 25.0 Å². The Bertz CT molecular complexity index is 346. The van der Waals surface area contributed by atoms with E-state index in [4.69, 9.17) is 0 Å². The lowest BCUT2D eigenvalue weighted by atomic mass is 10.0. The largest absolute Gasteiger partial charge is 0.371 e. The minimum Gasteiger partial charge on any atom is -0.371 e. The maximum atomic E-state index is 10.8. The van der Waals surface area contributed by atoms with Gasteiger partial charge in [0.1, 0.15) is 6.29 Å². The fourth-order valence-electron chi connectivity index (χ4n) is 1.93. The molecule has 0 bridgehead atoms. The average molecular weight is 175 g/mol. The van der Waals surface area contributed by atoms with Gasteiger partial charge in [0.25, 0.3) is 0 Å². The summed E-state index contributed by atoms with van der Waals surface area (Å²) in [6.45, 7) is 2.18. The SMILES string of the molecule is CC1Cc2c(C=O)cccc2N1C. The van der Waals surface area contributed by atoms with Gasteiger partial charge >= 0.3 is 0 Å². The molecule has 1 aliphatic rings. The van der Waals surface area contributed by atoms with Gasteiger partial charge in [-0.3, -0.25) is 4.79 Å². The Morgan fingerprint density at radius 3 is 3.00 bits per heavy atom. The Balaban J connectivity index is 2.55. The summed E-state index contributed by atoms with van der Waals surface area (Å²) in [5.41, 5.74) is 3.25. The van der Waals surface area contributed by atoms with E-state index in [0.717, 1.165) is 18.3 Å². The van der Waals surface area contributed by atoms with Crippen molar-refractivity contribution in [2.75, 3.05) is 11.9 Å². The van der Waals surface area contributed by atoms with Gasteiger partial charge in [-0.2, -0.15) is 0 Å². The lowest BCUT2D eigenvalue weighted by molar-refractivity contribution is 0.112. The van der Waals surface area contributed by atoms with Gasteiger partial charge in [-0.25, -0.2) is 0 Å². The van der Waals surface area contributed by atoms with E-state index >= 15 is 0 Å².